The van der Waals surface area contributed by atoms with Gasteiger partial charge < -0.3 is 18.6 Å². The molecule has 0 amide bonds. The number of hydrogen-bond donors (Lipinski definition) is 0. The highest BCUT2D eigenvalue weighted by Crippen LogP contribution is 2.29. The van der Waals surface area contributed by atoms with Crippen LogP contribution in [0.5, 0.6) is 23.0 Å². The maximum absolute atomic E-state index is 12.7. The predicted octanol–water partition coefficient (Wildman–Crippen LogP) is 5.93. The Morgan fingerprint density at radius 2 is 1.55 bits per heavy atom. The molecule has 1 aromatic heterocycles. The Morgan fingerprint density at radius 3 is 2.34 bits per heavy atom. The molecule has 0 aliphatic heterocycles. The Balaban J connectivity index is 1.55. The second-order valence-corrected chi connectivity index (χ2v) is 6.74. The lowest BCUT2D eigenvalue weighted by atomic mass is 10.2. The smallest absolute Gasteiger partial charge is 0.460 e. The number of para-hydroxylation sites is 2. The Hall–Kier alpha value is -3.58. The molecule has 29 heavy (non-hydrogen) atoms. The van der Waals surface area contributed by atoms with E-state index in [0.29, 0.717) is 21.4 Å². The van der Waals surface area contributed by atoms with Gasteiger partial charge in [-0.15, -0.1) is 0 Å². The van der Waals surface area contributed by atoms with Gasteiger partial charge in [0.05, 0.1) is 9.86 Å². The second-order valence-electron chi connectivity index (χ2n) is 5.89. The highest BCUT2D eigenvalue weighted by atomic mass is 79.9. The van der Waals surface area contributed by atoms with Crippen LogP contribution in [0.2, 0.25) is 0 Å². The van der Waals surface area contributed by atoms with Gasteiger partial charge in [0.15, 0.2) is 0 Å². The van der Waals surface area contributed by atoms with Crippen molar-refractivity contribution in [2.45, 2.75) is 0 Å². The molecule has 144 valence electrons. The minimum absolute atomic E-state index is 0.0431. The van der Waals surface area contributed by atoms with E-state index in [9.17, 15) is 9.59 Å². The van der Waals surface area contributed by atoms with Gasteiger partial charge in [0, 0.05) is 6.07 Å². The Kier molecular flexibility index (Phi) is 5.31. The number of rotatable bonds is 4. The van der Waals surface area contributed by atoms with Crippen LogP contribution in [0.4, 0.5) is 4.79 Å². The standard InChI is InChI=1S/C22H13BrO6/c23-17-8-4-5-9-18(17)29-20-13-26-19-12-15(10-11-16(19)21(20)24)28-22(25)27-14-6-2-1-3-7-14/h1-13H. The van der Waals surface area contributed by atoms with Crippen molar-refractivity contribution in [3.8, 4) is 23.0 Å². The van der Waals surface area contributed by atoms with Crippen LogP contribution in [0.25, 0.3) is 11.0 Å². The van der Waals surface area contributed by atoms with E-state index in [0.717, 1.165) is 0 Å². The Morgan fingerprint density at radius 1 is 0.828 bits per heavy atom. The van der Waals surface area contributed by atoms with Crippen molar-refractivity contribution in [1.82, 2.24) is 0 Å². The molecular weight excluding hydrogens is 440 g/mol. The lowest BCUT2D eigenvalue weighted by molar-refractivity contribution is 0.152. The molecule has 0 radical (unpaired) electrons. The molecule has 3 aromatic carbocycles. The highest BCUT2D eigenvalue weighted by Gasteiger charge is 2.13. The fourth-order valence-corrected chi connectivity index (χ4v) is 2.94. The summed E-state index contributed by atoms with van der Waals surface area (Å²) in [4.78, 5) is 24.6. The first-order chi connectivity index (χ1) is 14.1. The molecule has 0 saturated carbocycles. The third kappa shape index (κ3) is 4.30. The van der Waals surface area contributed by atoms with Crippen molar-refractivity contribution in [3.63, 3.8) is 0 Å². The molecule has 7 heteroatoms. The van der Waals surface area contributed by atoms with E-state index in [1.165, 1.54) is 24.5 Å². The summed E-state index contributed by atoms with van der Waals surface area (Å²) in [5.41, 5.74) is -0.0973. The van der Waals surface area contributed by atoms with Gasteiger partial charge in [0.25, 0.3) is 0 Å². The molecule has 0 unspecified atom stereocenters. The van der Waals surface area contributed by atoms with Crippen LogP contribution in [-0.4, -0.2) is 6.16 Å². The maximum atomic E-state index is 12.7. The van der Waals surface area contributed by atoms with Gasteiger partial charge in [-0.05, 0) is 52.3 Å². The second kappa shape index (κ2) is 8.20. The van der Waals surface area contributed by atoms with E-state index in [4.69, 9.17) is 18.6 Å². The first-order valence-electron chi connectivity index (χ1n) is 8.53. The maximum Gasteiger partial charge on any atom is 0.519 e. The molecule has 4 rings (SSSR count). The van der Waals surface area contributed by atoms with Gasteiger partial charge in [-0.1, -0.05) is 30.3 Å². The van der Waals surface area contributed by atoms with Crippen molar-refractivity contribution in [2.75, 3.05) is 0 Å². The normalized spacial score (nSPS) is 10.5. The lowest BCUT2D eigenvalue weighted by Gasteiger charge is -2.08. The fraction of sp³-hybridized carbons (Fsp3) is 0. The van der Waals surface area contributed by atoms with E-state index in [2.05, 4.69) is 15.9 Å². The summed E-state index contributed by atoms with van der Waals surface area (Å²) in [5, 5.41) is 0.290. The fourth-order valence-electron chi connectivity index (χ4n) is 2.57. The van der Waals surface area contributed by atoms with Crippen molar-refractivity contribution in [1.29, 1.82) is 0 Å². The third-order valence-corrected chi connectivity index (χ3v) is 4.57. The number of hydrogen-bond acceptors (Lipinski definition) is 6. The summed E-state index contributed by atoms with van der Waals surface area (Å²) >= 11 is 3.37. The first kappa shape index (κ1) is 18.8. The molecule has 0 atom stereocenters. The van der Waals surface area contributed by atoms with Gasteiger partial charge in [0.1, 0.15) is 29.1 Å². The van der Waals surface area contributed by atoms with Crippen molar-refractivity contribution in [3.05, 3.63) is 93.8 Å². The van der Waals surface area contributed by atoms with E-state index in [-0.39, 0.29) is 22.5 Å². The number of carbonyl (C=O) groups excluding carboxylic acids is 1. The summed E-state index contributed by atoms with van der Waals surface area (Å²) in [6.07, 6.45) is 0.322. The van der Waals surface area contributed by atoms with Crippen molar-refractivity contribution >= 4 is 33.1 Å². The van der Waals surface area contributed by atoms with Crippen LogP contribution in [0.15, 0.2) is 92.7 Å². The molecule has 0 fully saturated rings. The number of benzene rings is 3. The zero-order valence-electron chi connectivity index (χ0n) is 14.8. The van der Waals surface area contributed by atoms with Gasteiger partial charge in [0.2, 0.25) is 11.2 Å². The third-order valence-electron chi connectivity index (χ3n) is 3.92. The highest BCUT2D eigenvalue weighted by molar-refractivity contribution is 9.10. The van der Waals surface area contributed by atoms with Crippen LogP contribution in [0, 0.1) is 0 Å². The quantitative estimate of drug-likeness (QED) is 0.282. The number of fused-ring (bicyclic) bond motifs is 1. The molecule has 0 aliphatic carbocycles. The van der Waals surface area contributed by atoms with Crippen LogP contribution < -0.4 is 19.6 Å². The Bertz CT molecular complexity index is 1230. The molecule has 0 bridgehead atoms. The Labute approximate surface area is 173 Å². The summed E-state index contributed by atoms with van der Waals surface area (Å²) in [7, 11) is 0. The average Bonchev–Trinajstić information content (AvgIpc) is 2.72. The van der Waals surface area contributed by atoms with Crippen LogP contribution >= 0.6 is 15.9 Å². The minimum atomic E-state index is -0.897. The number of ether oxygens (including phenoxy) is 3. The molecule has 0 spiro atoms. The summed E-state index contributed by atoms with van der Waals surface area (Å²) in [5.74, 6) is 1.07. The topological polar surface area (TPSA) is 75.0 Å². The minimum Gasteiger partial charge on any atom is -0.460 e. The largest absolute Gasteiger partial charge is 0.519 e. The molecule has 6 nitrogen and oxygen atoms in total. The summed E-state index contributed by atoms with van der Waals surface area (Å²) in [6, 6.07) is 20.1. The molecule has 0 saturated heterocycles. The van der Waals surface area contributed by atoms with Gasteiger partial charge in [-0.3, -0.25) is 4.79 Å². The van der Waals surface area contributed by atoms with Crippen molar-refractivity contribution < 1.29 is 23.4 Å². The van der Waals surface area contributed by atoms with Crippen LogP contribution in [0.1, 0.15) is 0 Å². The van der Waals surface area contributed by atoms with Gasteiger partial charge >= 0.3 is 6.16 Å². The molecule has 0 N–H and O–H groups in total. The van der Waals surface area contributed by atoms with E-state index in [1.54, 1.807) is 48.5 Å². The van der Waals surface area contributed by atoms with E-state index in [1.807, 2.05) is 6.07 Å². The SMILES string of the molecule is O=C(Oc1ccccc1)Oc1ccc2c(=O)c(Oc3ccccc3Br)coc2c1. The van der Waals surface area contributed by atoms with Crippen molar-refractivity contribution in [2.24, 2.45) is 0 Å². The predicted molar refractivity (Wildman–Crippen MR) is 110 cm³/mol. The molecule has 0 aliphatic rings. The monoisotopic (exact) mass is 452 g/mol. The van der Waals surface area contributed by atoms with E-state index < -0.39 is 6.16 Å². The molecule has 4 aromatic rings. The van der Waals surface area contributed by atoms with Gasteiger partial charge in [-0.2, -0.15) is 0 Å². The lowest BCUT2D eigenvalue weighted by Crippen LogP contribution is -2.13. The zero-order valence-corrected chi connectivity index (χ0v) is 16.4. The van der Waals surface area contributed by atoms with Gasteiger partial charge in [-0.25, -0.2) is 4.79 Å². The summed E-state index contributed by atoms with van der Waals surface area (Å²) in [6.45, 7) is 0. The van der Waals surface area contributed by atoms with E-state index >= 15 is 0 Å². The number of halogens is 1. The number of carbonyl (C=O) groups is 1. The zero-order chi connectivity index (χ0) is 20.2. The van der Waals surface area contributed by atoms with Crippen LogP contribution in [-0.2, 0) is 0 Å². The molecular formula is C22H13BrO6. The first-order valence-corrected chi connectivity index (χ1v) is 9.32. The average molecular weight is 453 g/mol. The van der Waals surface area contributed by atoms with Crippen LogP contribution in [0.3, 0.4) is 0 Å². The molecule has 1 heterocycles. The summed E-state index contributed by atoms with van der Waals surface area (Å²) < 4.78 is 22.1.